The Labute approximate surface area is 205 Å². The van der Waals surface area contributed by atoms with Gasteiger partial charge in [-0.2, -0.15) is 5.01 Å². The highest BCUT2D eigenvalue weighted by atomic mass is 35.5. The van der Waals surface area contributed by atoms with Crippen molar-refractivity contribution in [2.24, 2.45) is 0 Å². The van der Waals surface area contributed by atoms with Crippen molar-refractivity contribution in [1.82, 2.24) is 10.0 Å². The number of ether oxygens (including phenoxy) is 1. The van der Waals surface area contributed by atoms with E-state index in [2.05, 4.69) is 0 Å². The molecule has 1 aliphatic heterocycles. The number of benzene rings is 3. The van der Waals surface area contributed by atoms with Gasteiger partial charge in [-0.25, -0.2) is 5.01 Å². The third-order valence-electron chi connectivity index (χ3n) is 5.48. The van der Waals surface area contributed by atoms with Crippen LogP contribution in [-0.4, -0.2) is 46.7 Å². The van der Waals surface area contributed by atoms with Gasteiger partial charge in [0.05, 0.1) is 28.3 Å². The first kappa shape index (κ1) is 23.5. The van der Waals surface area contributed by atoms with Gasteiger partial charge in [-0.05, 0) is 61.5 Å². The lowest BCUT2D eigenvalue weighted by Gasteiger charge is -2.34. The van der Waals surface area contributed by atoms with Crippen LogP contribution in [0, 0.1) is 0 Å². The van der Waals surface area contributed by atoms with E-state index in [1.807, 2.05) is 0 Å². The Morgan fingerprint density at radius 2 is 1.41 bits per heavy atom. The Hall–Kier alpha value is -3.68. The number of carbonyl (C=O) groups excluding carboxylic acids is 4. The van der Waals surface area contributed by atoms with Crippen molar-refractivity contribution in [3.63, 3.8) is 0 Å². The van der Waals surface area contributed by atoms with Crippen LogP contribution in [-0.2, 0) is 0 Å². The molecule has 9 heteroatoms. The summed E-state index contributed by atoms with van der Waals surface area (Å²) in [5.74, 6) is -2.10. The van der Waals surface area contributed by atoms with Crippen molar-refractivity contribution in [2.45, 2.75) is 13.0 Å². The number of amides is 3. The molecule has 0 unspecified atom stereocenters. The topological polar surface area (TPSA) is 84.0 Å². The Kier molecular flexibility index (Phi) is 6.41. The van der Waals surface area contributed by atoms with Crippen LogP contribution in [0.4, 0.5) is 0 Å². The van der Waals surface area contributed by atoms with Gasteiger partial charge in [0.15, 0.2) is 5.78 Å². The maximum Gasteiger partial charge on any atom is 0.280 e. The molecule has 0 spiro atoms. The monoisotopic (exact) mass is 496 g/mol. The molecule has 4 rings (SSSR count). The zero-order chi connectivity index (χ0) is 24.6. The summed E-state index contributed by atoms with van der Waals surface area (Å²) in [5, 5.41) is 1.93. The van der Waals surface area contributed by atoms with E-state index in [0.29, 0.717) is 10.8 Å². The van der Waals surface area contributed by atoms with Crippen molar-refractivity contribution in [1.29, 1.82) is 0 Å². The number of fused-ring (bicyclic) bond motifs is 1. The van der Waals surface area contributed by atoms with Gasteiger partial charge >= 0.3 is 0 Å². The molecule has 7 nitrogen and oxygen atoms in total. The molecule has 0 aliphatic carbocycles. The lowest BCUT2D eigenvalue weighted by Crippen LogP contribution is -2.56. The van der Waals surface area contributed by atoms with Crippen LogP contribution >= 0.6 is 23.2 Å². The first-order valence-corrected chi connectivity index (χ1v) is 10.9. The Balaban J connectivity index is 1.78. The third kappa shape index (κ3) is 4.04. The predicted molar refractivity (Wildman–Crippen MR) is 126 cm³/mol. The zero-order valence-electron chi connectivity index (χ0n) is 18.1. The Morgan fingerprint density at radius 3 is 1.94 bits per heavy atom. The van der Waals surface area contributed by atoms with Gasteiger partial charge in [0.25, 0.3) is 17.7 Å². The first-order valence-electron chi connectivity index (χ1n) is 10.2. The Morgan fingerprint density at radius 1 is 0.853 bits per heavy atom. The number of imide groups is 1. The maximum atomic E-state index is 13.6. The second-order valence-corrected chi connectivity index (χ2v) is 8.33. The smallest absolute Gasteiger partial charge is 0.280 e. The van der Waals surface area contributed by atoms with E-state index in [1.165, 1.54) is 44.4 Å². The molecule has 1 heterocycles. The van der Waals surface area contributed by atoms with E-state index in [0.717, 1.165) is 5.01 Å². The predicted octanol–water partition coefficient (Wildman–Crippen LogP) is 4.93. The van der Waals surface area contributed by atoms with E-state index in [1.54, 1.807) is 36.4 Å². The summed E-state index contributed by atoms with van der Waals surface area (Å²) in [6.07, 6.45) is 0. The molecular weight excluding hydrogens is 479 g/mol. The van der Waals surface area contributed by atoms with E-state index in [9.17, 15) is 19.2 Å². The lowest BCUT2D eigenvalue weighted by atomic mass is 10.0. The fourth-order valence-electron chi connectivity index (χ4n) is 3.68. The number of hydrogen-bond donors (Lipinski definition) is 0. The third-order valence-corrected chi connectivity index (χ3v) is 6.22. The summed E-state index contributed by atoms with van der Waals surface area (Å²) in [5.41, 5.74) is 0.615. The van der Waals surface area contributed by atoms with Crippen molar-refractivity contribution in [3.05, 3.63) is 99.0 Å². The van der Waals surface area contributed by atoms with Crippen LogP contribution in [0.5, 0.6) is 5.75 Å². The second-order valence-electron chi connectivity index (χ2n) is 7.52. The van der Waals surface area contributed by atoms with E-state index >= 15 is 0 Å². The average molecular weight is 497 g/mol. The highest BCUT2D eigenvalue weighted by molar-refractivity contribution is 6.42. The largest absolute Gasteiger partial charge is 0.497 e. The van der Waals surface area contributed by atoms with E-state index < -0.39 is 29.5 Å². The standard InChI is InChI=1S/C25H18Cl2N2O5/c1-14(22(30)15-7-10-17(34-2)11-8-15)28(23(31)16-9-12-20(26)21(27)13-16)29-24(32)18-5-3-4-6-19(18)25(29)33/h3-14H,1-2H3/t14-/m0/s1. The minimum atomic E-state index is -1.21. The van der Waals surface area contributed by atoms with Crippen molar-refractivity contribution < 1.29 is 23.9 Å². The van der Waals surface area contributed by atoms with Gasteiger partial charge in [-0.3, -0.25) is 19.2 Å². The molecule has 1 atom stereocenters. The average Bonchev–Trinajstić information content (AvgIpc) is 3.10. The number of carbonyl (C=O) groups is 4. The number of ketones is 1. The molecule has 172 valence electrons. The first-order chi connectivity index (χ1) is 16.2. The van der Waals surface area contributed by atoms with Crippen LogP contribution in [0.15, 0.2) is 66.7 Å². The quantitative estimate of drug-likeness (QED) is 0.357. The van der Waals surface area contributed by atoms with Gasteiger partial charge in [0, 0.05) is 11.1 Å². The van der Waals surface area contributed by atoms with Crippen LogP contribution in [0.1, 0.15) is 48.4 Å². The van der Waals surface area contributed by atoms with Crippen LogP contribution in [0.2, 0.25) is 10.0 Å². The minimum Gasteiger partial charge on any atom is -0.497 e. The lowest BCUT2D eigenvalue weighted by molar-refractivity contribution is -0.00680. The highest BCUT2D eigenvalue weighted by Gasteiger charge is 2.44. The van der Waals surface area contributed by atoms with E-state index in [-0.39, 0.29) is 32.3 Å². The number of hydrazine groups is 1. The molecule has 3 aromatic rings. The van der Waals surface area contributed by atoms with Gasteiger partial charge < -0.3 is 4.74 Å². The van der Waals surface area contributed by atoms with Crippen molar-refractivity contribution in [2.75, 3.05) is 7.11 Å². The van der Waals surface area contributed by atoms with Crippen molar-refractivity contribution >= 4 is 46.7 Å². The zero-order valence-corrected chi connectivity index (χ0v) is 19.6. The van der Waals surface area contributed by atoms with E-state index in [4.69, 9.17) is 27.9 Å². The number of rotatable bonds is 6. The SMILES string of the molecule is COc1ccc(C(=O)[C@H](C)N(C(=O)c2ccc(Cl)c(Cl)c2)N2C(=O)c3ccccc3C2=O)cc1. The van der Waals surface area contributed by atoms with Gasteiger partial charge in [-0.15, -0.1) is 0 Å². The van der Waals surface area contributed by atoms with Crippen molar-refractivity contribution in [3.8, 4) is 5.75 Å². The molecule has 0 saturated heterocycles. The fraction of sp³-hybridized carbons (Fsp3) is 0.120. The second kappa shape index (κ2) is 9.29. The summed E-state index contributed by atoms with van der Waals surface area (Å²) in [4.78, 5) is 53.4. The number of methoxy groups -OCH3 is 1. The molecular formula is C25H18Cl2N2O5. The van der Waals surface area contributed by atoms with Crippen LogP contribution in [0.25, 0.3) is 0 Å². The fourth-order valence-corrected chi connectivity index (χ4v) is 3.98. The Bertz CT molecular complexity index is 1290. The molecule has 1 aliphatic rings. The molecule has 0 fully saturated rings. The molecule has 0 bridgehead atoms. The van der Waals surface area contributed by atoms with Crippen LogP contribution in [0.3, 0.4) is 0 Å². The summed E-state index contributed by atoms with van der Waals surface area (Å²) in [6, 6.07) is 15.5. The number of hydrogen-bond acceptors (Lipinski definition) is 5. The molecule has 3 aromatic carbocycles. The number of nitrogens with zero attached hydrogens (tertiary/aromatic N) is 2. The summed E-state index contributed by atoms with van der Waals surface area (Å²) in [7, 11) is 1.50. The van der Waals surface area contributed by atoms with Gasteiger partial charge in [0.2, 0.25) is 0 Å². The molecule has 34 heavy (non-hydrogen) atoms. The summed E-state index contributed by atoms with van der Waals surface area (Å²) < 4.78 is 5.12. The number of Topliss-reactive ketones (excluding diaryl/α,β-unsaturated/α-hetero) is 1. The number of halogens is 2. The van der Waals surface area contributed by atoms with Gasteiger partial charge in [0.1, 0.15) is 11.8 Å². The molecule has 0 saturated carbocycles. The normalized spacial score (nSPS) is 13.5. The summed E-state index contributed by atoms with van der Waals surface area (Å²) >= 11 is 12.1. The molecule has 3 amide bonds. The maximum absolute atomic E-state index is 13.6. The van der Waals surface area contributed by atoms with Crippen LogP contribution < -0.4 is 4.74 Å². The highest BCUT2D eigenvalue weighted by Crippen LogP contribution is 2.29. The van der Waals surface area contributed by atoms with Gasteiger partial charge in [-0.1, -0.05) is 35.3 Å². The minimum absolute atomic E-state index is 0.0559. The molecule has 0 aromatic heterocycles. The molecule has 0 N–H and O–H groups in total. The molecule has 0 radical (unpaired) electrons. The summed E-state index contributed by atoms with van der Waals surface area (Å²) in [6.45, 7) is 1.45.